The number of nitrogens with one attached hydrogen (secondary N) is 1. The molecule has 0 spiro atoms. The maximum absolute atomic E-state index is 12.3. The number of hydrogen-bond acceptors (Lipinski definition) is 6. The van der Waals surface area contributed by atoms with Gasteiger partial charge >= 0.3 is 5.97 Å². The molecule has 1 atom stereocenters. The molecule has 0 aliphatic carbocycles. The molecule has 0 fully saturated rings. The van der Waals surface area contributed by atoms with Gasteiger partial charge in [-0.3, -0.25) is 4.79 Å². The molecule has 0 radical (unpaired) electrons. The summed E-state index contributed by atoms with van der Waals surface area (Å²) < 4.78 is 9.33. The van der Waals surface area contributed by atoms with Gasteiger partial charge in [0.25, 0.3) is 5.91 Å². The number of aromatic nitrogens is 1. The number of hydrogen-bond donors (Lipinski definition) is 1. The van der Waals surface area contributed by atoms with Gasteiger partial charge in [0.05, 0.1) is 6.54 Å². The van der Waals surface area contributed by atoms with Gasteiger partial charge in [0.1, 0.15) is 9.36 Å². The third-order valence-corrected chi connectivity index (χ3v) is 5.39. The first-order valence-electron chi connectivity index (χ1n) is 6.72. The van der Waals surface area contributed by atoms with Crippen LogP contribution in [0.15, 0.2) is 17.5 Å². The molecule has 124 valence electrons. The first-order valence-corrected chi connectivity index (χ1v) is 9.12. The van der Waals surface area contributed by atoms with Gasteiger partial charge in [0, 0.05) is 4.88 Å². The van der Waals surface area contributed by atoms with E-state index in [4.69, 9.17) is 27.9 Å². The quantitative estimate of drug-likeness (QED) is 0.753. The highest BCUT2D eigenvalue weighted by molar-refractivity contribution is 7.11. The Labute approximate surface area is 151 Å². The van der Waals surface area contributed by atoms with Crippen LogP contribution in [0.4, 0.5) is 0 Å². The minimum absolute atomic E-state index is 0.0446. The Morgan fingerprint density at radius 2 is 2.13 bits per heavy atom. The van der Waals surface area contributed by atoms with Crippen molar-refractivity contribution >= 4 is 57.9 Å². The molecule has 2 aromatic heterocycles. The summed E-state index contributed by atoms with van der Waals surface area (Å²) in [5.41, 5.74) is -0.0710. The highest BCUT2D eigenvalue weighted by Gasteiger charge is 2.29. The molecule has 1 N–H and O–H groups in total. The lowest BCUT2D eigenvalue weighted by molar-refractivity contribution is -0.132. The van der Waals surface area contributed by atoms with Crippen LogP contribution >= 0.6 is 46.1 Å². The van der Waals surface area contributed by atoms with Gasteiger partial charge in [0.2, 0.25) is 0 Å². The van der Waals surface area contributed by atoms with Crippen LogP contribution in [0, 0.1) is 5.92 Å². The number of amides is 1. The van der Waals surface area contributed by atoms with Gasteiger partial charge in [-0.05, 0) is 28.9 Å². The fraction of sp³-hybridized carbons (Fsp3) is 0.357. The summed E-state index contributed by atoms with van der Waals surface area (Å²) in [5, 5.41) is 4.73. The molecule has 0 unspecified atom stereocenters. The van der Waals surface area contributed by atoms with E-state index >= 15 is 0 Å². The summed E-state index contributed by atoms with van der Waals surface area (Å²) in [7, 11) is 0. The first-order chi connectivity index (χ1) is 10.9. The molecule has 9 heteroatoms. The SMILES string of the molecule is CC(C)[C@@H](OC(=O)c1nsc(Cl)c1Cl)C(=O)NCc1cccs1. The van der Waals surface area contributed by atoms with Crippen molar-refractivity contribution in [1.82, 2.24) is 9.69 Å². The molecule has 5 nitrogen and oxygen atoms in total. The van der Waals surface area contributed by atoms with Gasteiger partial charge in [-0.25, -0.2) is 4.79 Å². The number of esters is 1. The predicted octanol–water partition coefficient (Wildman–Crippen LogP) is 4.01. The minimum Gasteiger partial charge on any atom is -0.447 e. The first kappa shape index (κ1) is 18.2. The van der Waals surface area contributed by atoms with Crippen LogP contribution in [-0.2, 0) is 16.1 Å². The maximum atomic E-state index is 12.3. The molecule has 0 aromatic carbocycles. The molecule has 2 aromatic rings. The fourth-order valence-electron chi connectivity index (χ4n) is 1.74. The van der Waals surface area contributed by atoms with E-state index < -0.39 is 12.1 Å². The Morgan fingerprint density at radius 3 is 2.65 bits per heavy atom. The standard InChI is InChI=1S/C14H14Cl2N2O3S2/c1-7(2)11(13(19)17-6-8-4-3-5-22-8)21-14(20)10-9(15)12(16)23-18-10/h3-5,7,11H,6H2,1-2H3,(H,17,19)/t11-/m1/s1. The normalized spacial score (nSPS) is 12.2. The molecule has 2 rings (SSSR count). The zero-order valence-electron chi connectivity index (χ0n) is 12.3. The van der Waals surface area contributed by atoms with Gasteiger partial charge in [-0.15, -0.1) is 11.3 Å². The maximum Gasteiger partial charge on any atom is 0.360 e. The Balaban J connectivity index is 2.01. The Hall–Kier alpha value is -1.15. The number of rotatable bonds is 6. The van der Waals surface area contributed by atoms with Gasteiger partial charge in [-0.2, -0.15) is 4.37 Å². The van der Waals surface area contributed by atoms with E-state index in [2.05, 4.69) is 9.69 Å². The molecule has 0 saturated heterocycles. The summed E-state index contributed by atoms with van der Waals surface area (Å²) in [5.74, 6) is -1.32. The van der Waals surface area contributed by atoms with Crippen LogP contribution in [0.1, 0.15) is 29.2 Å². The van der Waals surface area contributed by atoms with E-state index in [-0.39, 0.29) is 26.9 Å². The molecule has 0 aliphatic heterocycles. The minimum atomic E-state index is -0.931. The van der Waals surface area contributed by atoms with Crippen LogP contribution in [-0.4, -0.2) is 22.4 Å². The fourth-order valence-corrected chi connectivity index (χ4v) is 3.36. The lowest BCUT2D eigenvalue weighted by atomic mass is 10.1. The molecule has 0 bridgehead atoms. The molecular weight excluding hydrogens is 379 g/mol. The lowest BCUT2D eigenvalue weighted by Crippen LogP contribution is -2.40. The van der Waals surface area contributed by atoms with Crippen molar-refractivity contribution in [1.29, 1.82) is 0 Å². The van der Waals surface area contributed by atoms with Crippen molar-refractivity contribution in [3.63, 3.8) is 0 Å². The van der Waals surface area contributed by atoms with Crippen LogP contribution in [0.25, 0.3) is 0 Å². The molecular formula is C14H14Cl2N2O3S2. The predicted molar refractivity (Wildman–Crippen MR) is 92.3 cm³/mol. The zero-order chi connectivity index (χ0) is 17.0. The monoisotopic (exact) mass is 392 g/mol. The van der Waals surface area contributed by atoms with Crippen LogP contribution in [0.3, 0.4) is 0 Å². The lowest BCUT2D eigenvalue weighted by Gasteiger charge is -2.20. The summed E-state index contributed by atoms with van der Waals surface area (Å²) in [6.45, 7) is 3.97. The van der Waals surface area contributed by atoms with Crippen LogP contribution in [0.5, 0.6) is 0 Å². The topological polar surface area (TPSA) is 68.3 Å². The summed E-state index contributed by atoms with van der Waals surface area (Å²) in [6, 6.07) is 3.82. The molecule has 2 heterocycles. The number of nitrogens with zero attached hydrogens (tertiary/aromatic N) is 1. The second-order valence-electron chi connectivity index (χ2n) is 4.99. The van der Waals surface area contributed by atoms with E-state index in [9.17, 15) is 9.59 Å². The van der Waals surface area contributed by atoms with E-state index in [0.29, 0.717) is 6.54 Å². The Kier molecular flexibility index (Phi) is 6.41. The number of halogens is 2. The number of carbonyl (C=O) groups excluding carboxylic acids is 2. The van der Waals surface area contributed by atoms with Crippen molar-refractivity contribution in [2.75, 3.05) is 0 Å². The van der Waals surface area contributed by atoms with E-state index in [1.54, 1.807) is 13.8 Å². The summed E-state index contributed by atoms with van der Waals surface area (Å²) in [4.78, 5) is 25.4. The summed E-state index contributed by atoms with van der Waals surface area (Å²) in [6.07, 6.45) is -0.931. The number of thiophene rings is 1. The molecule has 1 amide bonds. The highest BCUT2D eigenvalue weighted by atomic mass is 35.5. The zero-order valence-corrected chi connectivity index (χ0v) is 15.5. The molecule has 0 saturated carbocycles. The third-order valence-electron chi connectivity index (χ3n) is 2.91. The van der Waals surface area contributed by atoms with Gasteiger partial charge in [-0.1, -0.05) is 43.1 Å². The largest absolute Gasteiger partial charge is 0.447 e. The van der Waals surface area contributed by atoms with Crippen molar-refractivity contribution in [2.45, 2.75) is 26.5 Å². The van der Waals surface area contributed by atoms with E-state index in [0.717, 1.165) is 16.4 Å². The van der Waals surface area contributed by atoms with Crippen LogP contribution < -0.4 is 5.32 Å². The average molecular weight is 393 g/mol. The average Bonchev–Trinajstić information content (AvgIpc) is 3.13. The van der Waals surface area contributed by atoms with Crippen molar-refractivity contribution < 1.29 is 14.3 Å². The third kappa shape index (κ3) is 4.67. The highest BCUT2D eigenvalue weighted by Crippen LogP contribution is 2.30. The summed E-state index contributed by atoms with van der Waals surface area (Å²) >= 11 is 14.1. The Bertz CT molecular complexity index is 686. The van der Waals surface area contributed by atoms with Gasteiger partial charge in [0.15, 0.2) is 11.8 Å². The van der Waals surface area contributed by atoms with Crippen molar-refractivity contribution in [3.05, 3.63) is 37.4 Å². The van der Waals surface area contributed by atoms with E-state index in [1.807, 2.05) is 17.5 Å². The van der Waals surface area contributed by atoms with Crippen molar-refractivity contribution in [3.8, 4) is 0 Å². The van der Waals surface area contributed by atoms with E-state index in [1.165, 1.54) is 11.3 Å². The molecule has 23 heavy (non-hydrogen) atoms. The van der Waals surface area contributed by atoms with Gasteiger partial charge < -0.3 is 10.1 Å². The molecule has 0 aliphatic rings. The number of carbonyl (C=O) groups is 2. The van der Waals surface area contributed by atoms with Crippen molar-refractivity contribution in [2.24, 2.45) is 5.92 Å². The smallest absolute Gasteiger partial charge is 0.360 e. The number of ether oxygens (including phenoxy) is 1. The van der Waals surface area contributed by atoms with Crippen LogP contribution in [0.2, 0.25) is 9.36 Å². The second-order valence-corrected chi connectivity index (χ2v) is 7.77. The Morgan fingerprint density at radius 1 is 1.39 bits per heavy atom. The second kappa shape index (κ2) is 8.10.